The van der Waals surface area contributed by atoms with Crippen LogP contribution < -0.4 is 32.0 Å². The molecule has 0 spiro atoms. The first-order valence-corrected chi connectivity index (χ1v) is 11.2. The van der Waals surface area contributed by atoms with Crippen LogP contribution in [0, 0.1) is 5.92 Å². The van der Waals surface area contributed by atoms with Crippen molar-refractivity contribution in [3.05, 3.63) is 36.0 Å². The van der Waals surface area contributed by atoms with E-state index in [1.807, 2.05) is 45.0 Å². The predicted molar refractivity (Wildman–Crippen MR) is 126 cm³/mol. The Morgan fingerprint density at radius 1 is 1.24 bits per heavy atom. The molecule has 1 aromatic heterocycles. The number of amides is 2. The van der Waals surface area contributed by atoms with Gasteiger partial charge < -0.3 is 25.5 Å². The molecule has 0 atom stereocenters. The highest BCUT2D eigenvalue weighted by Crippen LogP contribution is 2.29. The third kappa shape index (κ3) is 5.57. The van der Waals surface area contributed by atoms with E-state index < -0.39 is 11.5 Å². The van der Waals surface area contributed by atoms with Crippen LogP contribution in [0.25, 0.3) is 0 Å². The fourth-order valence-electron chi connectivity index (χ4n) is 3.69. The van der Waals surface area contributed by atoms with Gasteiger partial charge in [0.15, 0.2) is 0 Å². The van der Waals surface area contributed by atoms with E-state index in [1.54, 1.807) is 4.90 Å². The Kier molecular flexibility index (Phi) is 6.59. The van der Waals surface area contributed by atoms with Crippen LogP contribution in [0.3, 0.4) is 0 Å². The first kappa shape index (κ1) is 23.4. The molecule has 0 saturated carbocycles. The van der Waals surface area contributed by atoms with Gasteiger partial charge in [-0.1, -0.05) is 12.1 Å². The molecule has 4 rings (SSSR count). The van der Waals surface area contributed by atoms with Gasteiger partial charge in [-0.15, -0.1) is 10.7 Å². The molecule has 0 bridgehead atoms. The standard InChI is InChI=1S/C22H30N8O4/c1-22(2,3)33-21(32)29-10-8-14(9-11-29)12-24-19-15(18(23)31)13-25-20(26-19)34-30-17-7-5-4-6-16(17)27-28-30/h4-7,13-14,27-28H,8-12H2,1-3H3,(H2,23,31)(H,24,25,26). The average Bonchev–Trinajstić information content (AvgIpc) is 3.19. The lowest BCUT2D eigenvalue weighted by molar-refractivity contribution is 0.0188. The lowest BCUT2D eigenvalue weighted by Crippen LogP contribution is -2.42. The molecule has 2 aromatic rings. The molecule has 2 amide bonds. The number of nitrogens with one attached hydrogen (secondary N) is 3. The topological polar surface area (TPSA) is 147 Å². The molecule has 0 unspecified atom stereocenters. The lowest BCUT2D eigenvalue weighted by atomic mass is 9.97. The van der Waals surface area contributed by atoms with Gasteiger partial charge in [-0.3, -0.25) is 10.2 Å². The average molecular weight is 471 g/mol. The van der Waals surface area contributed by atoms with Crippen molar-refractivity contribution in [1.82, 2.24) is 20.4 Å². The summed E-state index contributed by atoms with van der Waals surface area (Å²) in [7, 11) is 0. The highest BCUT2D eigenvalue weighted by atomic mass is 16.7. The molecule has 1 fully saturated rings. The van der Waals surface area contributed by atoms with Crippen molar-refractivity contribution >= 4 is 29.2 Å². The van der Waals surface area contributed by atoms with E-state index in [-0.39, 0.29) is 23.6 Å². The SMILES string of the molecule is CC(C)(C)OC(=O)N1CCC(CNc2nc(ON3NNc4ccccc43)ncc2C(N)=O)CC1. The number of likely N-dealkylation sites (tertiary alicyclic amines) is 1. The van der Waals surface area contributed by atoms with Gasteiger partial charge in [0, 0.05) is 25.8 Å². The molecule has 12 heteroatoms. The second-order valence-electron chi connectivity index (χ2n) is 9.21. The van der Waals surface area contributed by atoms with E-state index in [4.69, 9.17) is 15.3 Å². The summed E-state index contributed by atoms with van der Waals surface area (Å²) in [5, 5.41) is 4.60. The second-order valence-corrected chi connectivity index (χ2v) is 9.21. The molecular weight excluding hydrogens is 440 g/mol. The summed E-state index contributed by atoms with van der Waals surface area (Å²) in [5.74, 6) is -0.0531. The Labute approximate surface area is 197 Å². The normalized spacial score (nSPS) is 16.0. The number of benzene rings is 1. The molecule has 0 radical (unpaired) electrons. The molecule has 5 N–H and O–H groups in total. The van der Waals surface area contributed by atoms with Gasteiger partial charge in [0.1, 0.15) is 22.7 Å². The van der Waals surface area contributed by atoms with Crippen LogP contribution in [0.4, 0.5) is 22.0 Å². The number of piperidine rings is 1. The van der Waals surface area contributed by atoms with Gasteiger partial charge >= 0.3 is 12.1 Å². The molecule has 34 heavy (non-hydrogen) atoms. The van der Waals surface area contributed by atoms with Crippen molar-refractivity contribution in [3.63, 3.8) is 0 Å². The molecule has 2 aliphatic heterocycles. The van der Waals surface area contributed by atoms with Crippen LogP contribution in [0.1, 0.15) is 44.0 Å². The number of carbonyl (C=O) groups is 2. The van der Waals surface area contributed by atoms with Crippen LogP contribution in [-0.2, 0) is 4.74 Å². The maximum absolute atomic E-state index is 12.3. The summed E-state index contributed by atoms with van der Waals surface area (Å²) < 4.78 is 5.45. The van der Waals surface area contributed by atoms with Crippen LogP contribution in [0.15, 0.2) is 30.5 Å². The minimum atomic E-state index is -0.639. The molecule has 3 heterocycles. The summed E-state index contributed by atoms with van der Waals surface area (Å²) in [6.07, 6.45) is 2.64. The van der Waals surface area contributed by atoms with Gasteiger partial charge in [-0.2, -0.15) is 4.98 Å². The highest BCUT2D eigenvalue weighted by Gasteiger charge is 2.27. The van der Waals surface area contributed by atoms with Crippen LogP contribution in [-0.4, -0.2) is 52.1 Å². The monoisotopic (exact) mass is 470 g/mol. The largest absolute Gasteiger partial charge is 0.444 e. The predicted octanol–water partition coefficient (Wildman–Crippen LogP) is 2.28. The minimum Gasteiger partial charge on any atom is -0.444 e. The first-order valence-electron chi connectivity index (χ1n) is 11.2. The number of nitrogens with two attached hydrogens (primary N) is 1. The number of aromatic nitrogens is 2. The van der Waals surface area contributed by atoms with E-state index in [2.05, 4.69) is 26.2 Å². The van der Waals surface area contributed by atoms with Crippen LogP contribution in [0.5, 0.6) is 6.01 Å². The number of ether oxygens (including phenoxy) is 1. The van der Waals surface area contributed by atoms with Gasteiger partial charge in [0.2, 0.25) is 0 Å². The van der Waals surface area contributed by atoms with Crippen molar-refractivity contribution in [1.29, 1.82) is 0 Å². The Morgan fingerprint density at radius 3 is 2.68 bits per heavy atom. The molecule has 0 aliphatic carbocycles. The Hall–Kier alpha value is -3.80. The zero-order valence-corrected chi connectivity index (χ0v) is 19.5. The lowest BCUT2D eigenvalue weighted by Gasteiger charge is -2.33. The number of fused-ring (bicyclic) bond motifs is 1. The van der Waals surface area contributed by atoms with Crippen LogP contribution in [0.2, 0.25) is 0 Å². The third-order valence-electron chi connectivity index (χ3n) is 5.44. The number of anilines is 3. The smallest absolute Gasteiger partial charge is 0.410 e. The molecule has 2 aliphatic rings. The second kappa shape index (κ2) is 9.59. The summed E-state index contributed by atoms with van der Waals surface area (Å²) in [4.78, 5) is 40.1. The van der Waals surface area contributed by atoms with Crippen molar-refractivity contribution in [3.8, 4) is 6.01 Å². The number of carbonyl (C=O) groups excluding carboxylic acids is 2. The van der Waals surface area contributed by atoms with Crippen molar-refractivity contribution in [2.24, 2.45) is 11.7 Å². The van der Waals surface area contributed by atoms with Crippen molar-refractivity contribution in [2.45, 2.75) is 39.2 Å². The zero-order chi connectivity index (χ0) is 24.3. The number of para-hydroxylation sites is 2. The number of rotatable bonds is 6. The highest BCUT2D eigenvalue weighted by molar-refractivity contribution is 5.97. The number of nitrogens with zero attached hydrogens (tertiary/aromatic N) is 4. The summed E-state index contributed by atoms with van der Waals surface area (Å²) in [6.45, 7) is 7.33. The molecule has 182 valence electrons. The maximum Gasteiger partial charge on any atom is 0.410 e. The summed E-state index contributed by atoms with van der Waals surface area (Å²) in [5.41, 5.74) is 12.6. The van der Waals surface area contributed by atoms with E-state index >= 15 is 0 Å². The van der Waals surface area contributed by atoms with Gasteiger partial charge in [-0.25, -0.2) is 9.78 Å². The van der Waals surface area contributed by atoms with E-state index in [1.165, 1.54) is 11.4 Å². The van der Waals surface area contributed by atoms with E-state index in [9.17, 15) is 9.59 Å². The third-order valence-corrected chi connectivity index (χ3v) is 5.44. The Morgan fingerprint density at radius 2 is 1.97 bits per heavy atom. The van der Waals surface area contributed by atoms with Gasteiger partial charge in [0.25, 0.3) is 5.91 Å². The van der Waals surface area contributed by atoms with Crippen LogP contribution >= 0.6 is 0 Å². The zero-order valence-electron chi connectivity index (χ0n) is 19.5. The Bertz CT molecular complexity index is 1050. The maximum atomic E-state index is 12.3. The fraction of sp³-hybridized carbons (Fsp3) is 0.455. The quantitative estimate of drug-likeness (QED) is 0.496. The number of hydrogen-bond acceptors (Lipinski definition) is 10. The van der Waals surface area contributed by atoms with Crippen molar-refractivity contribution < 1.29 is 19.2 Å². The molecule has 12 nitrogen and oxygen atoms in total. The molecular formula is C22H30N8O4. The summed E-state index contributed by atoms with van der Waals surface area (Å²) in [6, 6.07) is 7.57. The van der Waals surface area contributed by atoms with Gasteiger partial charge in [-0.05, 0) is 51.7 Å². The Balaban J connectivity index is 1.36. The minimum absolute atomic E-state index is 0.0400. The number of primary amides is 1. The molecule has 1 aromatic carbocycles. The van der Waals surface area contributed by atoms with E-state index in [0.29, 0.717) is 25.5 Å². The van der Waals surface area contributed by atoms with Gasteiger partial charge in [0.05, 0.1) is 5.69 Å². The molecule has 1 saturated heterocycles. The number of hydrazine groups is 2. The fourth-order valence-corrected chi connectivity index (χ4v) is 3.69. The number of hydrogen-bond donors (Lipinski definition) is 4. The first-order chi connectivity index (χ1) is 16.2. The van der Waals surface area contributed by atoms with Crippen molar-refractivity contribution in [2.75, 3.05) is 35.5 Å². The van der Waals surface area contributed by atoms with E-state index in [0.717, 1.165) is 24.2 Å². The summed E-state index contributed by atoms with van der Waals surface area (Å²) >= 11 is 0.